The number of hydrogen-bond donors (Lipinski definition) is 1. The summed E-state index contributed by atoms with van der Waals surface area (Å²) in [6.07, 6.45) is 0. The van der Waals surface area contributed by atoms with Gasteiger partial charge in [-0.05, 0) is 35.4 Å². The van der Waals surface area contributed by atoms with Crippen molar-refractivity contribution in [1.82, 2.24) is 10.2 Å². The maximum absolute atomic E-state index is 8.98. The molecule has 2 aromatic carbocycles. The van der Waals surface area contributed by atoms with Crippen LogP contribution in [0, 0.1) is 11.3 Å². The van der Waals surface area contributed by atoms with Gasteiger partial charge in [-0.2, -0.15) is 5.26 Å². The van der Waals surface area contributed by atoms with Gasteiger partial charge in [-0.3, -0.25) is 4.99 Å². The molecule has 1 aliphatic heterocycles. The molecule has 2 aromatic rings. The fraction of sp³-hybridized carbons (Fsp3) is 0.263. The van der Waals surface area contributed by atoms with Crippen molar-refractivity contribution >= 4 is 29.9 Å². The SMILES string of the molecule is CN=C(NCc1cccc(C#N)c1)N(C)Cc1ccc2c(c1)OCO2.I. The average Bonchev–Trinajstić information content (AvgIpc) is 3.10. The van der Waals surface area contributed by atoms with E-state index < -0.39 is 0 Å². The molecule has 0 unspecified atom stereocenters. The lowest BCUT2D eigenvalue weighted by Crippen LogP contribution is -2.38. The highest BCUT2D eigenvalue weighted by molar-refractivity contribution is 14.0. The molecular formula is C19H21IN4O2. The smallest absolute Gasteiger partial charge is 0.231 e. The van der Waals surface area contributed by atoms with Crippen LogP contribution < -0.4 is 14.8 Å². The fourth-order valence-corrected chi connectivity index (χ4v) is 2.70. The van der Waals surface area contributed by atoms with Gasteiger partial charge in [0.25, 0.3) is 0 Å². The number of fused-ring (bicyclic) bond motifs is 1. The molecule has 3 rings (SSSR count). The zero-order valence-electron chi connectivity index (χ0n) is 14.7. The van der Waals surface area contributed by atoms with Crippen LogP contribution in [0.25, 0.3) is 0 Å². The van der Waals surface area contributed by atoms with Gasteiger partial charge in [-0.25, -0.2) is 0 Å². The highest BCUT2D eigenvalue weighted by Crippen LogP contribution is 2.32. The third-order valence-corrected chi connectivity index (χ3v) is 3.94. The molecule has 6 nitrogen and oxygen atoms in total. The largest absolute Gasteiger partial charge is 0.454 e. The zero-order valence-corrected chi connectivity index (χ0v) is 17.1. The van der Waals surface area contributed by atoms with E-state index in [0.29, 0.717) is 18.7 Å². The Morgan fingerprint density at radius 2 is 2.00 bits per heavy atom. The van der Waals surface area contributed by atoms with Crippen molar-refractivity contribution in [2.75, 3.05) is 20.9 Å². The normalized spacial score (nSPS) is 12.1. The topological polar surface area (TPSA) is 69.9 Å². The Hall–Kier alpha value is -2.47. The first-order valence-electron chi connectivity index (χ1n) is 7.99. The number of rotatable bonds is 4. The van der Waals surface area contributed by atoms with E-state index in [4.69, 9.17) is 14.7 Å². The molecule has 0 spiro atoms. The first-order chi connectivity index (χ1) is 12.2. The Morgan fingerprint density at radius 3 is 2.77 bits per heavy atom. The van der Waals surface area contributed by atoms with Crippen molar-refractivity contribution in [2.45, 2.75) is 13.1 Å². The number of nitrogens with zero attached hydrogens (tertiary/aromatic N) is 3. The summed E-state index contributed by atoms with van der Waals surface area (Å²) in [6.45, 7) is 1.57. The van der Waals surface area contributed by atoms with Gasteiger partial charge in [0, 0.05) is 27.2 Å². The highest BCUT2D eigenvalue weighted by Gasteiger charge is 2.14. The van der Waals surface area contributed by atoms with Crippen LogP contribution in [0.2, 0.25) is 0 Å². The van der Waals surface area contributed by atoms with Crippen LogP contribution >= 0.6 is 24.0 Å². The van der Waals surface area contributed by atoms with Crippen LogP contribution in [-0.4, -0.2) is 31.7 Å². The van der Waals surface area contributed by atoms with Crippen LogP contribution in [0.4, 0.5) is 0 Å². The lowest BCUT2D eigenvalue weighted by atomic mass is 10.1. The number of nitrogens with one attached hydrogen (secondary N) is 1. The molecule has 0 aliphatic carbocycles. The highest BCUT2D eigenvalue weighted by atomic mass is 127. The Labute approximate surface area is 170 Å². The number of ether oxygens (including phenoxy) is 2. The minimum absolute atomic E-state index is 0. The molecule has 0 saturated carbocycles. The molecule has 136 valence electrons. The van der Waals surface area contributed by atoms with Crippen molar-refractivity contribution in [3.05, 3.63) is 59.2 Å². The van der Waals surface area contributed by atoms with E-state index in [0.717, 1.165) is 28.6 Å². The first-order valence-corrected chi connectivity index (χ1v) is 7.99. The third-order valence-electron chi connectivity index (χ3n) is 3.94. The van der Waals surface area contributed by atoms with Gasteiger partial charge >= 0.3 is 0 Å². The van der Waals surface area contributed by atoms with Crippen LogP contribution in [0.1, 0.15) is 16.7 Å². The molecule has 1 heterocycles. The summed E-state index contributed by atoms with van der Waals surface area (Å²) < 4.78 is 10.8. The Bertz CT molecular complexity index is 833. The second kappa shape index (κ2) is 9.29. The van der Waals surface area contributed by atoms with Gasteiger partial charge in [-0.15, -0.1) is 24.0 Å². The van der Waals surface area contributed by atoms with Gasteiger partial charge in [0.05, 0.1) is 11.6 Å². The van der Waals surface area contributed by atoms with E-state index in [1.807, 2.05) is 48.3 Å². The van der Waals surface area contributed by atoms with Crippen molar-refractivity contribution in [3.63, 3.8) is 0 Å². The Balaban J connectivity index is 0.00000243. The van der Waals surface area contributed by atoms with Gasteiger partial charge in [0.15, 0.2) is 17.5 Å². The van der Waals surface area contributed by atoms with E-state index in [9.17, 15) is 0 Å². The molecule has 0 atom stereocenters. The number of guanidine groups is 1. The predicted octanol–water partition coefficient (Wildman–Crippen LogP) is 3.11. The van der Waals surface area contributed by atoms with E-state index in [-0.39, 0.29) is 30.8 Å². The summed E-state index contributed by atoms with van der Waals surface area (Å²) in [5.41, 5.74) is 2.81. The summed E-state index contributed by atoms with van der Waals surface area (Å²) in [4.78, 5) is 6.36. The van der Waals surface area contributed by atoms with Gasteiger partial charge in [-0.1, -0.05) is 18.2 Å². The molecule has 0 bridgehead atoms. The fourth-order valence-electron chi connectivity index (χ4n) is 2.70. The number of hydrogen-bond acceptors (Lipinski definition) is 4. The summed E-state index contributed by atoms with van der Waals surface area (Å²) in [5.74, 6) is 2.34. The molecule has 0 radical (unpaired) electrons. The van der Waals surface area contributed by atoms with Crippen LogP contribution in [0.3, 0.4) is 0 Å². The summed E-state index contributed by atoms with van der Waals surface area (Å²) in [6, 6.07) is 15.6. The summed E-state index contributed by atoms with van der Waals surface area (Å²) >= 11 is 0. The molecule has 0 saturated heterocycles. The van der Waals surface area contributed by atoms with E-state index >= 15 is 0 Å². The minimum Gasteiger partial charge on any atom is -0.454 e. The quantitative estimate of drug-likeness (QED) is 0.428. The van der Waals surface area contributed by atoms with Crippen molar-refractivity contribution < 1.29 is 9.47 Å². The molecular weight excluding hydrogens is 443 g/mol. The monoisotopic (exact) mass is 464 g/mol. The number of nitriles is 1. The summed E-state index contributed by atoms with van der Waals surface area (Å²) in [7, 11) is 3.73. The lowest BCUT2D eigenvalue weighted by Gasteiger charge is -2.22. The molecule has 1 N–H and O–H groups in total. The molecule has 0 fully saturated rings. The standard InChI is InChI=1S/C19H20N4O2.HI/c1-21-19(22-11-15-5-3-4-14(8-15)10-20)23(2)12-16-6-7-17-18(9-16)25-13-24-17;/h3-9H,11-13H2,1-2H3,(H,21,22);1H. The second-order valence-corrected chi connectivity index (χ2v) is 5.76. The lowest BCUT2D eigenvalue weighted by molar-refractivity contribution is 0.174. The summed E-state index contributed by atoms with van der Waals surface area (Å²) in [5, 5.41) is 12.3. The van der Waals surface area contributed by atoms with E-state index in [2.05, 4.69) is 16.4 Å². The van der Waals surface area contributed by atoms with E-state index in [1.54, 1.807) is 13.1 Å². The number of aliphatic imine (C=N–C) groups is 1. The third kappa shape index (κ3) is 4.79. The molecule has 26 heavy (non-hydrogen) atoms. The molecule has 0 amide bonds. The average molecular weight is 464 g/mol. The Morgan fingerprint density at radius 1 is 1.19 bits per heavy atom. The second-order valence-electron chi connectivity index (χ2n) is 5.76. The van der Waals surface area contributed by atoms with Gasteiger partial charge in [0.2, 0.25) is 6.79 Å². The van der Waals surface area contributed by atoms with Crippen LogP contribution in [0.5, 0.6) is 11.5 Å². The van der Waals surface area contributed by atoms with Crippen molar-refractivity contribution in [1.29, 1.82) is 5.26 Å². The van der Waals surface area contributed by atoms with Crippen LogP contribution in [-0.2, 0) is 13.1 Å². The Kier molecular flexibility index (Phi) is 7.09. The molecule has 0 aromatic heterocycles. The van der Waals surface area contributed by atoms with Crippen molar-refractivity contribution in [2.24, 2.45) is 4.99 Å². The maximum Gasteiger partial charge on any atom is 0.231 e. The van der Waals surface area contributed by atoms with Gasteiger partial charge < -0.3 is 19.7 Å². The zero-order chi connectivity index (χ0) is 17.6. The maximum atomic E-state index is 8.98. The van der Waals surface area contributed by atoms with Gasteiger partial charge in [0.1, 0.15) is 0 Å². The first kappa shape index (κ1) is 19.8. The van der Waals surface area contributed by atoms with E-state index in [1.165, 1.54) is 0 Å². The molecule has 7 heteroatoms. The number of halogens is 1. The number of benzene rings is 2. The van der Waals surface area contributed by atoms with Crippen molar-refractivity contribution in [3.8, 4) is 17.6 Å². The predicted molar refractivity (Wildman–Crippen MR) is 111 cm³/mol. The molecule has 1 aliphatic rings. The minimum atomic E-state index is 0. The van der Waals surface area contributed by atoms with Crippen LogP contribution in [0.15, 0.2) is 47.5 Å².